The average Bonchev–Trinajstić information content (AvgIpc) is 2.62. The number of H-pyrrole nitrogens is 1. The van der Waals surface area contributed by atoms with Crippen molar-refractivity contribution in [2.45, 2.75) is 6.54 Å². The quantitative estimate of drug-likeness (QED) is 0.687. The zero-order valence-corrected chi connectivity index (χ0v) is 8.59. The fourth-order valence-corrected chi connectivity index (χ4v) is 1.37. The Morgan fingerprint density at radius 3 is 2.56 bits per heavy atom. The summed E-state index contributed by atoms with van der Waals surface area (Å²) in [6.45, 7) is 0.519. The third kappa shape index (κ3) is 2.23. The minimum atomic E-state index is -0.0747. The van der Waals surface area contributed by atoms with Gasteiger partial charge < -0.3 is 15.2 Å². The van der Waals surface area contributed by atoms with Gasteiger partial charge in [0, 0.05) is 12.4 Å². The summed E-state index contributed by atoms with van der Waals surface area (Å²) >= 11 is 0. The van der Waals surface area contributed by atoms with E-state index < -0.39 is 0 Å². The number of aromatic amines is 1. The second kappa shape index (κ2) is 4.53. The lowest BCUT2D eigenvalue weighted by Crippen LogP contribution is -1.83. The first-order valence-electron chi connectivity index (χ1n) is 4.90. The van der Waals surface area contributed by atoms with Crippen molar-refractivity contribution in [1.82, 2.24) is 4.98 Å². The van der Waals surface area contributed by atoms with Crippen LogP contribution < -0.4 is 0 Å². The molecule has 4 heteroatoms. The van der Waals surface area contributed by atoms with E-state index in [2.05, 4.69) is 9.98 Å². The number of aromatic nitrogens is 1. The molecule has 0 atom stereocenters. The van der Waals surface area contributed by atoms with E-state index in [1.54, 1.807) is 0 Å². The Morgan fingerprint density at radius 1 is 1.19 bits per heavy atom. The Bertz CT molecular complexity index is 469. The predicted molar refractivity (Wildman–Crippen MR) is 61.9 cm³/mol. The molecule has 3 N–H and O–H groups in total. The summed E-state index contributed by atoms with van der Waals surface area (Å²) in [4.78, 5) is 6.64. The van der Waals surface area contributed by atoms with Gasteiger partial charge in [0.1, 0.15) is 5.75 Å². The van der Waals surface area contributed by atoms with Crippen molar-refractivity contribution < 1.29 is 10.2 Å². The molecule has 1 aromatic heterocycles. The number of nitrogens with zero attached hydrogens (tertiary/aromatic N) is 1. The first-order valence-corrected chi connectivity index (χ1v) is 4.90. The molecule has 0 aliphatic rings. The van der Waals surface area contributed by atoms with Crippen molar-refractivity contribution in [3.8, 4) is 11.6 Å². The second-order valence-electron chi connectivity index (χ2n) is 3.39. The Morgan fingerprint density at radius 2 is 1.94 bits per heavy atom. The molecule has 0 aliphatic carbocycles. The number of rotatable bonds is 3. The summed E-state index contributed by atoms with van der Waals surface area (Å²) in [7, 11) is 0. The van der Waals surface area contributed by atoms with E-state index in [0.29, 0.717) is 12.1 Å². The fourth-order valence-electron chi connectivity index (χ4n) is 1.37. The van der Waals surface area contributed by atoms with Crippen LogP contribution in [0, 0.1) is 0 Å². The average molecular weight is 216 g/mol. The molecule has 0 radical (unpaired) electrons. The summed E-state index contributed by atoms with van der Waals surface area (Å²) < 4.78 is 0. The van der Waals surface area contributed by atoms with Gasteiger partial charge in [-0.2, -0.15) is 0 Å². The molecule has 0 spiro atoms. The molecule has 0 saturated heterocycles. The van der Waals surface area contributed by atoms with E-state index in [9.17, 15) is 10.2 Å². The van der Waals surface area contributed by atoms with Gasteiger partial charge in [0.05, 0.1) is 12.1 Å². The summed E-state index contributed by atoms with van der Waals surface area (Å²) in [5.41, 5.74) is 1.39. The Kier molecular flexibility index (Phi) is 2.91. The van der Waals surface area contributed by atoms with Crippen LogP contribution in [0.5, 0.6) is 11.6 Å². The molecule has 1 heterocycles. The Hall–Kier alpha value is -2.23. The normalized spacial score (nSPS) is 11.0. The van der Waals surface area contributed by atoms with Gasteiger partial charge in [-0.25, -0.2) is 0 Å². The van der Waals surface area contributed by atoms with Gasteiger partial charge in [-0.15, -0.1) is 0 Å². The molecule has 2 rings (SSSR count). The Balaban J connectivity index is 2.06. The van der Waals surface area contributed by atoms with E-state index in [-0.39, 0.29) is 11.6 Å². The number of aliphatic imine (C=N–C) groups is 1. The summed E-state index contributed by atoms with van der Waals surface area (Å²) in [5, 5.41) is 18.7. The molecule has 16 heavy (non-hydrogen) atoms. The van der Waals surface area contributed by atoms with Crippen LogP contribution in [-0.4, -0.2) is 21.4 Å². The predicted octanol–water partition coefficient (Wildman–Crippen LogP) is 2.04. The number of hydrogen-bond acceptors (Lipinski definition) is 3. The topological polar surface area (TPSA) is 68.6 Å². The largest absolute Gasteiger partial charge is 0.506 e. The number of nitrogens with one attached hydrogen (secondary N) is 1. The molecule has 4 nitrogen and oxygen atoms in total. The van der Waals surface area contributed by atoms with Crippen LogP contribution >= 0.6 is 0 Å². The molecule has 0 aliphatic heterocycles. The third-order valence-electron chi connectivity index (χ3n) is 2.21. The first kappa shape index (κ1) is 10.3. The zero-order valence-electron chi connectivity index (χ0n) is 8.59. The van der Waals surface area contributed by atoms with E-state index in [1.807, 2.05) is 30.3 Å². The summed E-state index contributed by atoms with van der Waals surface area (Å²) in [5.74, 6) is -0.0800. The highest BCUT2D eigenvalue weighted by Crippen LogP contribution is 2.23. The highest BCUT2D eigenvalue weighted by Gasteiger charge is 2.05. The molecule has 0 bridgehead atoms. The lowest BCUT2D eigenvalue weighted by Gasteiger charge is -1.95. The lowest BCUT2D eigenvalue weighted by atomic mass is 10.2. The smallest absolute Gasteiger partial charge is 0.201 e. The van der Waals surface area contributed by atoms with Crippen LogP contribution in [0.4, 0.5) is 0 Å². The maximum Gasteiger partial charge on any atom is 0.201 e. The second-order valence-corrected chi connectivity index (χ2v) is 3.39. The monoisotopic (exact) mass is 216 g/mol. The van der Waals surface area contributed by atoms with Gasteiger partial charge in [0.15, 0.2) is 0 Å². The zero-order chi connectivity index (χ0) is 11.4. The van der Waals surface area contributed by atoms with E-state index >= 15 is 0 Å². The van der Waals surface area contributed by atoms with Crippen molar-refractivity contribution in [2.24, 2.45) is 4.99 Å². The van der Waals surface area contributed by atoms with Gasteiger partial charge in [-0.3, -0.25) is 4.99 Å². The fraction of sp³-hybridized carbons (Fsp3) is 0.0833. The van der Waals surface area contributed by atoms with Crippen LogP contribution in [0.15, 0.2) is 41.5 Å². The summed E-state index contributed by atoms with van der Waals surface area (Å²) in [6.07, 6.45) is 2.77. The van der Waals surface area contributed by atoms with Gasteiger partial charge >= 0.3 is 0 Å². The number of aromatic hydroxyl groups is 2. The lowest BCUT2D eigenvalue weighted by molar-refractivity contribution is 0.451. The van der Waals surface area contributed by atoms with Crippen LogP contribution in [-0.2, 0) is 6.54 Å². The molecule has 0 amide bonds. The molecule has 0 fully saturated rings. The van der Waals surface area contributed by atoms with Gasteiger partial charge in [-0.05, 0) is 5.56 Å². The number of hydrogen-bond donors (Lipinski definition) is 3. The van der Waals surface area contributed by atoms with Crippen molar-refractivity contribution in [2.75, 3.05) is 0 Å². The maximum atomic E-state index is 9.35. The molecule has 82 valence electrons. The van der Waals surface area contributed by atoms with Crippen LogP contribution in [0.2, 0.25) is 0 Å². The Labute approximate surface area is 92.9 Å². The summed E-state index contributed by atoms with van der Waals surface area (Å²) in [6, 6.07) is 9.76. The van der Waals surface area contributed by atoms with Crippen molar-refractivity contribution in [1.29, 1.82) is 0 Å². The first-order chi connectivity index (χ1) is 7.77. The SMILES string of the molecule is Oc1c[nH]c(O)c1C=NCc1ccccc1. The van der Waals surface area contributed by atoms with Gasteiger partial charge in [-0.1, -0.05) is 30.3 Å². The van der Waals surface area contributed by atoms with Crippen LogP contribution in [0.3, 0.4) is 0 Å². The highest BCUT2D eigenvalue weighted by molar-refractivity contribution is 5.86. The highest BCUT2D eigenvalue weighted by atomic mass is 16.3. The minimum absolute atomic E-state index is 0.00527. The van der Waals surface area contributed by atoms with Crippen molar-refractivity contribution in [3.05, 3.63) is 47.7 Å². The molecule has 0 unspecified atom stereocenters. The van der Waals surface area contributed by atoms with E-state index in [4.69, 9.17) is 0 Å². The third-order valence-corrected chi connectivity index (χ3v) is 2.21. The van der Waals surface area contributed by atoms with Crippen molar-refractivity contribution >= 4 is 6.21 Å². The van der Waals surface area contributed by atoms with E-state index in [1.165, 1.54) is 12.4 Å². The van der Waals surface area contributed by atoms with Crippen LogP contribution in [0.1, 0.15) is 11.1 Å². The molecule has 2 aromatic rings. The van der Waals surface area contributed by atoms with Crippen LogP contribution in [0.25, 0.3) is 0 Å². The molecular weight excluding hydrogens is 204 g/mol. The van der Waals surface area contributed by atoms with Crippen molar-refractivity contribution in [3.63, 3.8) is 0 Å². The molecule has 0 saturated carbocycles. The van der Waals surface area contributed by atoms with Gasteiger partial charge in [0.25, 0.3) is 0 Å². The molecular formula is C12H12N2O2. The standard InChI is InChI=1S/C12H12N2O2/c15-11-8-14-12(16)10(11)7-13-6-9-4-2-1-3-5-9/h1-5,7-8,14-16H,6H2. The minimum Gasteiger partial charge on any atom is -0.506 e. The maximum absolute atomic E-state index is 9.35. The van der Waals surface area contributed by atoms with Gasteiger partial charge in [0.2, 0.25) is 5.88 Å². The number of benzene rings is 1. The molecule has 1 aromatic carbocycles. The van der Waals surface area contributed by atoms with E-state index in [0.717, 1.165) is 5.56 Å².